The average molecular weight is 256 g/mol. The lowest BCUT2D eigenvalue weighted by molar-refractivity contribution is 0.0944. The molecule has 92 valence electrons. The Bertz CT molecular complexity index is 396. The number of nitrogens with zero attached hydrogens (tertiary/aromatic N) is 2. The van der Waals surface area contributed by atoms with Crippen molar-refractivity contribution in [1.82, 2.24) is 15.3 Å². The zero-order valence-electron chi connectivity index (χ0n) is 9.27. The maximum absolute atomic E-state index is 11.7. The number of hydrogen-bond acceptors (Lipinski definition) is 4. The molecular formula is C11H14ClN3O2. The molecule has 1 aromatic heterocycles. The van der Waals surface area contributed by atoms with Crippen LogP contribution in [0.15, 0.2) is 12.4 Å². The van der Waals surface area contributed by atoms with Crippen LogP contribution in [0, 0.1) is 5.92 Å². The molecule has 2 rings (SSSR count). The summed E-state index contributed by atoms with van der Waals surface area (Å²) in [6.45, 7) is 0.582. The van der Waals surface area contributed by atoms with Crippen LogP contribution in [0.2, 0.25) is 5.28 Å². The quantitative estimate of drug-likeness (QED) is 0.791. The molecule has 1 fully saturated rings. The third-order valence-electron chi connectivity index (χ3n) is 2.95. The van der Waals surface area contributed by atoms with Crippen molar-refractivity contribution >= 4 is 17.5 Å². The fraction of sp³-hybridized carbons (Fsp3) is 0.545. The molecular weight excluding hydrogens is 242 g/mol. The summed E-state index contributed by atoms with van der Waals surface area (Å²) in [5.74, 6) is 0.158. The Morgan fingerprint density at radius 1 is 1.47 bits per heavy atom. The van der Waals surface area contributed by atoms with Gasteiger partial charge in [0.1, 0.15) is 0 Å². The van der Waals surface area contributed by atoms with Crippen LogP contribution in [0.5, 0.6) is 0 Å². The lowest BCUT2D eigenvalue weighted by Crippen LogP contribution is -2.28. The molecule has 1 aliphatic rings. The van der Waals surface area contributed by atoms with E-state index in [0.717, 1.165) is 19.3 Å². The fourth-order valence-electron chi connectivity index (χ4n) is 2.00. The van der Waals surface area contributed by atoms with Crippen LogP contribution in [0.3, 0.4) is 0 Å². The van der Waals surface area contributed by atoms with E-state index in [-0.39, 0.29) is 17.3 Å². The van der Waals surface area contributed by atoms with Gasteiger partial charge in [-0.15, -0.1) is 0 Å². The van der Waals surface area contributed by atoms with Gasteiger partial charge in [-0.05, 0) is 36.8 Å². The van der Waals surface area contributed by atoms with Crippen molar-refractivity contribution in [3.8, 4) is 0 Å². The van der Waals surface area contributed by atoms with Crippen molar-refractivity contribution in [2.24, 2.45) is 5.92 Å². The summed E-state index contributed by atoms with van der Waals surface area (Å²) in [6, 6.07) is 0. The topological polar surface area (TPSA) is 75.1 Å². The van der Waals surface area contributed by atoms with Gasteiger partial charge >= 0.3 is 0 Å². The zero-order chi connectivity index (χ0) is 12.3. The molecule has 1 aliphatic carbocycles. The van der Waals surface area contributed by atoms with Crippen molar-refractivity contribution in [3.05, 3.63) is 23.2 Å². The molecule has 5 nitrogen and oxygen atoms in total. The summed E-state index contributed by atoms with van der Waals surface area (Å²) in [5.41, 5.74) is 0.396. The Balaban J connectivity index is 1.83. The molecule has 1 unspecified atom stereocenters. The second kappa shape index (κ2) is 5.42. The number of carbonyl (C=O) groups is 1. The maximum atomic E-state index is 11.7. The first kappa shape index (κ1) is 12.3. The molecule has 1 heterocycles. The standard InChI is InChI=1S/C11H14ClN3O2/c12-11-14-5-8(6-15-11)10(17)13-4-7-1-2-9(16)3-7/h5-7,9,16H,1-4H2,(H,13,17)/t7?,9-/m0/s1. The second-order valence-electron chi connectivity index (χ2n) is 4.28. The highest BCUT2D eigenvalue weighted by molar-refractivity contribution is 6.28. The molecule has 17 heavy (non-hydrogen) atoms. The average Bonchev–Trinajstić information content (AvgIpc) is 2.73. The van der Waals surface area contributed by atoms with E-state index in [1.807, 2.05) is 0 Å². The van der Waals surface area contributed by atoms with Crippen molar-refractivity contribution in [1.29, 1.82) is 0 Å². The third-order valence-corrected chi connectivity index (χ3v) is 3.14. The van der Waals surface area contributed by atoms with Crippen LogP contribution in [-0.2, 0) is 0 Å². The van der Waals surface area contributed by atoms with Gasteiger partial charge in [-0.1, -0.05) is 0 Å². The summed E-state index contributed by atoms with van der Waals surface area (Å²) in [7, 11) is 0. The highest BCUT2D eigenvalue weighted by Crippen LogP contribution is 2.24. The van der Waals surface area contributed by atoms with Crippen molar-refractivity contribution in [2.45, 2.75) is 25.4 Å². The number of aliphatic hydroxyl groups excluding tert-OH is 1. The summed E-state index contributed by atoms with van der Waals surface area (Å²) in [6.07, 6.45) is 5.12. The van der Waals surface area contributed by atoms with E-state index in [9.17, 15) is 9.90 Å². The Labute approximate surface area is 104 Å². The SMILES string of the molecule is O=C(NCC1CC[C@H](O)C1)c1cnc(Cl)nc1. The lowest BCUT2D eigenvalue weighted by atomic mass is 10.1. The van der Waals surface area contributed by atoms with E-state index < -0.39 is 0 Å². The Morgan fingerprint density at radius 2 is 2.18 bits per heavy atom. The molecule has 1 amide bonds. The first-order chi connectivity index (χ1) is 8.15. The highest BCUT2D eigenvalue weighted by Gasteiger charge is 2.23. The number of halogens is 1. The fourth-order valence-corrected chi connectivity index (χ4v) is 2.10. The Morgan fingerprint density at radius 3 is 2.76 bits per heavy atom. The minimum Gasteiger partial charge on any atom is -0.393 e. The molecule has 1 saturated carbocycles. The van der Waals surface area contributed by atoms with Gasteiger partial charge in [0.15, 0.2) is 0 Å². The second-order valence-corrected chi connectivity index (χ2v) is 4.62. The monoisotopic (exact) mass is 255 g/mol. The van der Waals surface area contributed by atoms with E-state index >= 15 is 0 Å². The normalized spacial score (nSPS) is 23.6. The lowest BCUT2D eigenvalue weighted by Gasteiger charge is -2.10. The number of nitrogens with one attached hydrogen (secondary N) is 1. The van der Waals surface area contributed by atoms with Crippen molar-refractivity contribution < 1.29 is 9.90 Å². The van der Waals surface area contributed by atoms with Gasteiger partial charge in [0, 0.05) is 18.9 Å². The summed E-state index contributed by atoms with van der Waals surface area (Å²) in [5, 5.41) is 12.3. The van der Waals surface area contributed by atoms with E-state index in [4.69, 9.17) is 11.6 Å². The minimum absolute atomic E-state index is 0.125. The van der Waals surface area contributed by atoms with Gasteiger partial charge in [0.05, 0.1) is 11.7 Å². The van der Waals surface area contributed by atoms with Crippen LogP contribution >= 0.6 is 11.6 Å². The highest BCUT2D eigenvalue weighted by atomic mass is 35.5. The van der Waals surface area contributed by atoms with Gasteiger partial charge < -0.3 is 10.4 Å². The molecule has 6 heteroatoms. The van der Waals surface area contributed by atoms with E-state index in [0.29, 0.717) is 18.0 Å². The van der Waals surface area contributed by atoms with E-state index in [2.05, 4.69) is 15.3 Å². The van der Waals surface area contributed by atoms with Gasteiger partial charge in [-0.3, -0.25) is 4.79 Å². The summed E-state index contributed by atoms with van der Waals surface area (Å²) >= 11 is 5.53. The molecule has 0 spiro atoms. The van der Waals surface area contributed by atoms with Crippen LogP contribution in [0.1, 0.15) is 29.6 Å². The van der Waals surface area contributed by atoms with Gasteiger partial charge in [-0.2, -0.15) is 0 Å². The van der Waals surface area contributed by atoms with Crippen LogP contribution in [0.25, 0.3) is 0 Å². The smallest absolute Gasteiger partial charge is 0.254 e. The maximum Gasteiger partial charge on any atom is 0.254 e. The Kier molecular flexibility index (Phi) is 3.91. The molecule has 0 saturated heterocycles. The first-order valence-electron chi connectivity index (χ1n) is 5.59. The number of hydrogen-bond donors (Lipinski definition) is 2. The third kappa shape index (κ3) is 3.38. The molecule has 0 aromatic carbocycles. The molecule has 0 radical (unpaired) electrons. The van der Waals surface area contributed by atoms with Crippen LogP contribution in [0.4, 0.5) is 0 Å². The molecule has 2 N–H and O–H groups in total. The Hall–Kier alpha value is -1.20. The van der Waals surface area contributed by atoms with Crippen LogP contribution < -0.4 is 5.32 Å². The largest absolute Gasteiger partial charge is 0.393 e. The predicted molar refractivity (Wildman–Crippen MR) is 62.7 cm³/mol. The van der Waals surface area contributed by atoms with Gasteiger partial charge in [0.25, 0.3) is 5.91 Å². The van der Waals surface area contributed by atoms with Crippen molar-refractivity contribution in [2.75, 3.05) is 6.54 Å². The summed E-state index contributed by atoms with van der Waals surface area (Å²) in [4.78, 5) is 19.2. The number of carbonyl (C=O) groups excluding carboxylic acids is 1. The molecule has 0 aliphatic heterocycles. The van der Waals surface area contributed by atoms with Crippen molar-refractivity contribution in [3.63, 3.8) is 0 Å². The molecule has 1 aromatic rings. The number of amides is 1. The minimum atomic E-state index is -0.212. The summed E-state index contributed by atoms with van der Waals surface area (Å²) < 4.78 is 0. The van der Waals surface area contributed by atoms with E-state index in [1.165, 1.54) is 12.4 Å². The molecule has 0 bridgehead atoms. The van der Waals surface area contributed by atoms with Gasteiger partial charge in [0.2, 0.25) is 5.28 Å². The van der Waals surface area contributed by atoms with E-state index in [1.54, 1.807) is 0 Å². The van der Waals surface area contributed by atoms with Crippen LogP contribution in [-0.4, -0.2) is 33.6 Å². The number of aliphatic hydroxyl groups is 1. The number of rotatable bonds is 3. The van der Waals surface area contributed by atoms with Gasteiger partial charge in [-0.25, -0.2) is 9.97 Å². The number of aromatic nitrogens is 2. The first-order valence-corrected chi connectivity index (χ1v) is 5.97. The molecule has 2 atom stereocenters. The predicted octanol–water partition coefficient (Wildman–Crippen LogP) is 1.02. The zero-order valence-corrected chi connectivity index (χ0v) is 10.0.